The van der Waals surface area contributed by atoms with Gasteiger partial charge in [-0.25, -0.2) is 8.42 Å². The van der Waals surface area contributed by atoms with E-state index in [0.717, 1.165) is 0 Å². The summed E-state index contributed by atoms with van der Waals surface area (Å²) in [6, 6.07) is 4.62. The molecule has 2 atom stereocenters. The van der Waals surface area contributed by atoms with Crippen LogP contribution in [0.25, 0.3) is 0 Å². The first-order chi connectivity index (χ1) is 12.6. The maximum atomic E-state index is 13.0. The number of carbonyl (C=O) groups is 2. The zero-order chi connectivity index (χ0) is 20.4. The molecule has 150 valence electrons. The fourth-order valence-corrected chi connectivity index (χ4v) is 5.06. The normalized spacial score (nSPS) is 20.7. The van der Waals surface area contributed by atoms with E-state index in [1.165, 1.54) is 16.4 Å². The summed E-state index contributed by atoms with van der Waals surface area (Å²) in [5.74, 6) is -1.69. The third-order valence-corrected chi connectivity index (χ3v) is 7.34. The number of aliphatic carboxylic acids is 1. The smallest absolute Gasteiger partial charge is 0.306 e. The summed E-state index contributed by atoms with van der Waals surface area (Å²) in [6.45, 7) is 8.56. The molecule has 1 aliphatic rings. The van der Waals surface area contributed by atoms with Crippen LogP contribution in [-0.4, -0.2) is 60.8 Å². The van der Waals surface area contributed by atoms with E-state index < -0.39 is 21.9 Å². The van der Waals surface area contributed by atoms with E-state index in [-0.39, 0.29) is 16.7 Å². The summed E-state index contributed by atoms with van der Waals surface area (Å²) < 4.78 is 26.9. The highest BCUT2D eigenvalue weighted by atomic mass is 32.2. The molecule has 0 bridgehead atoms. The first-order valence-electron chi connectivity index (χ1n) is 9.26. The SMILES string of the molecule is CCN(CC)S(=O)(=O)c1ccc(C)c(C(=O)N2CCC(C(=O)O)C(C)C2)c1. The Morgan fingerprint density at radius 3 is 2.41 bits per heavy atom. The van der Waals surface area contributed by atoms with Crippen LogP contribution in [0.3, 0.4) is 0 Å². The van der Waals surface area contributed by atoms with E-state index >= 15 is 0 Å². The summed E-state index contributed by atoms with van der Waals surface area (Å²) in [7, 11) is -3.65. The van der Waals surface area contributed by atoms with Crippen LogP contribution in [0.5, 0.6) is 0 Å². The van der Waals surface area contributed by atoms with Crippen LogP contribution in [0.2, 0.25) is 0 Å². The highest BCUT2D eigenvalue weighted by Gasteiger charge is 2.34. The van der Waals surface area contributed by atoms with E-state index in [0.29, 0.717) is 43.7 Å². The molecule has 2 unspecified atom stereocenters. The molecule has 0 radical (unpaired) electrons. The molecule has 1 N–H and O–H groups in total. The Labute approximate surface area is 161 Å². The molecule has 0 spiro atoms. The predicted octanol–water partition coefficient (Wildman–Crippen LogP) is 2.21. The maximum Gasteiger partial charge on any atom is 0.306 e. The molecule has 1 amide bonds. The lowest BCUT2D eigenvalue weighted by atomic mass is 9.86. The van der Waals surface area contributed by atoms with Gasteiger partial charge in [0.05, 0.1) is 10.8 Å². The lowest BCUT2D eigenvalue weighted by molar-refractivity contribution is -0.145. The quantitative estimate of drug-likeness (QED) is 0.795. The van der Waals surface area contributed by atoms with Crippen LogP contribution in [0.15, 0.2) is 23.1 Å². The molecule has 1 aliphatic heterocycles. The number of carboxylic acid groups (broad SMARTS) is 1. The molecular formula is C19H28N2O5S. The lowest BCUT2D eigenvalue weighted by Gasteiger charge is -2.35. The highest BCUT2D eigenvalue weighted by molar-refractivity contribution is 7.89. The van der Waals surface area contributed by atoms with E-state index in [2.05, 4.69) is 0 Å². The van der Waals surface area contributed by atoms with E-state index in [4.69, 9.17) is 0 Å². The first-order valence-corrected chi connectivity index (χ1v) is 10.7. The number of amides is 1. The largest absolute Gasteiger partial charge is 0.481 e. The van der Waals surface area contributed by atoms with Crippen LogP contribution in [-0.2, 0) is 14.8 Å². The van der Waals surface area contributed by atoms with Crippen LogP contribution in [0.4, 0.5) is 0 Å². The van der Waals surface area contributed by atoms with Crippen molar-refractivity contribution in [2.45, 2.75) is 39.0 Å². The number of piperidine rings is 1. The van der Waals surface area contributed by atoms with Crippen molar-refractivity contribution in [3.63, 3.8) is 0 Å². The fourth-order valence-electron chi connectivity index (χ4n) is 3.57. The third kappa shape index (κ3) is 4.32. The van der Waals surface area contributed by atoms with Crippen LogP contribution in [0.1, 0.15) is 43.1 Å². The van der Waals surface area contributed by atoms with Crippen LogP contribution < -0.4 is 0 Å². The van der Waals surface area contributed by atoms with E-state index in [1.54, 1.807) is 31.7 Å². The predicted molar refractivity (Wildman–Crippen MR) is 102 cm³/mol. The molecule has 1 heterocycles. The summed E-state index contributed by atoms with van der Waals surface area (Å²) >= 11 is 0. The van der Waals surface area contributed by atoms with Gasteiger partial charge in [-0.15, -0.1) is 0 Å². The Balaban J connectivity index is 2.31. The molecule has 1 aromatic carbocycles. The van der Waals surface area contributed by atoms with Crippen molar-refractivity contribution in [2.75, 3.05) is 26.2 Å². The monoisotopic (exact) mass is 396 g/mol. The number of rotatable bonds is 6. The van der Waals surface area contributed by atoms with Crippen molar-refractivity contribution in [3.05, 3.63) is 29.3 Å². The standard InChI is InChI=1S/C19H28N2O5S/c1-5-21(6-2)27(25,26)15-8-7-13(3)17(11-15)18(22)20-10-9-16(19(23)24)14(4)12-20/h7-8,11,14,16H,5-6,9-10,12H2,1-4H3,(H,23,24). The maximum absolute atomic E-state index is 13.0. The number of hydrogen-bond acceptors (Lipinski definition) is 4. The number of sulfonamides is 1. The number of nitrogens with zero attached hydrogens (tertiary/aromatic N) is 2. The van der Waals surface area contributed by atoms with Crippen LogP contribution in [0, 0.1) is 18.8 Å². The molecule has 2 rings (SSSR count). The van der Waals surface area contributed by atoms with Gasteiger partial charge in [-0.2, -0.15) is 4.31 Å². The number of aryl methyl sites for hydroxylation is 1. The summed E-state index contributed by atoms with van der Waals surface area (Å²) in [5, 5.41) is 9.24. The number of hydrogen-bond donors (Lipinski definition) is 1. The summed E-state index contributed by atoms with van der Waals surface area (Å²) in [5.41, 5.74) is 1.05. The lowest BCUT2D eigenvalue weighted by Crippen LogP contribution is -2.45. The van der Waals surface area contributed by atoms with Crippen molar-refractivity contribution in [1.82, 2.24) is 9.21 Å². The van der Waals surface area contributed by atoms with Gasteiger partial charge in [0.15, 0.2) is 0 Å². The number of carboxylic acids is 1. The minimum Gasteiger partial charge on any atom is -0.481 e. The average molecular weight is 397 g/mol. The zero-order valence-electron chi connectivity index (χ0n) is 16.3. The number of carbonyl (C=O) groups excluding carboxylic acids is 1. The van der Waals surface area contributed by atoms with Gasteiger partial charge in [-0.05, 0) is 37.0 Å². The molecule has 1 fully saturated rings. The second-order valence-corrected chi connectivity index (χ2v) is 8.97. The topological polar surface area (TPSA) is 95.0 Å². The van der Waals surface area contributed by atoms with Gasteiger partial charge in [-0.3, -0.25) is 9.59 Å². The molecule has 7 nitrogen and oxygen atoms in total. The minimum absolute atomic E-state index is 0.105. The van der Waals surface area contributed by atoms with Crippen molar-refractivity contribution < 1.29 is 23.1 Å². The Bertz CT molecular complexity index is 817. The van der Waals surface area contributed by atoms with E-state index in [1.807, 2.05) is 6.92 Å². The van der Waals surface area contributed by atoms with Gasteiger partial charge in [0, 0.05) is 31.7 Å². The summed E-state index contributed by atoms with van der Waals surface area (Å²) in [6.07, 6.45) is 0.402. The summed E-state index contributed by atoms with van der Waals surface area (Å²) in [4.78, 5) is 26.0. The molecule has 0 aliphatic carbocycles. The number of likely N-dealkylation sites (tertiary alicyclic amines) is 1. The zero-order valence-corrected chi connectivity index (χ0v) is 17.1. The Kier molecular flexibility index (Phi) is 6.64. The second kappa shape index (κ2) is 8.39. The molecule has 1 aromatic rings. The minimum atomic E-state index is -3.65. The molecular weight excluding hydrogens is 368 g/mol. The van der Waals surface area contributed by atoms with Gasteiger partial charge in [-0.1, -0.05) is 26.8 Å². The highest BCUT2D eigenvalue weighted by Crippen LogP contribution is 2.26. The van der Waals surface area contributed by atoms with Gasteiger partial charge < -0.3 is 10.0 Å². The Morgan fingerprint density at radius 1 is 1.26 bits per heavy atom. The van der Waals surface area contributed by atoms with Crippen LogP contribution >= 0.6 is 0 Å². The van der Waals surface area contributed by atoms with E-state index in [9.17, 15) is 23.1 Å². The van der Waals surface area contributed by atoms with Gasteiger partial charge in [0.25, 0.3) is 5.91 Å². The molecule has 0 saturated carbocycles. The van der Waals surface area contributed by atoms with Gasteiger partial charge in [0.1, 0.15) is 0 Å². The second-order valence-electron chi connectivity index (χ2n) is 7.03. The molecule has 1 saturated heterocycles. The van der Waals surface area contributed by atoms with Gasteiger partial charge >= 0.3 is 5.97 Å². The Hall–Kier alpha value is -1.93. The van der Waals surface area contributed by atoms with Crippen molar-refractivity contribution in [2.24, 2.45) is 11.8 Å². The molecule has 27 heavy (non-hydrogen) atoms. The first kappa shape index (κ1) is 21.4. The van der Waals surface area contributed by atoms with Gasteiger partial charge in [0.2, 0.25) is 10.0 Å². The van der Waals surface area contributed by atoms with Crippen molar-refractivity contribution in [1.29, 1.82) is 0 Å². The average Bonchev–Trinajstić information content (AvgIpc) is 2.61. The van der Waals surface area contributed by atoms with Crippen molar-refractivity contribution in [3.8, 4) is 0 Å². The number of benzene rings is 1. The fraction of sp³-hybridized carbons (Fsp3) is 0.579. The Morgan fingerprint density at radius 2 is 1.89 bits per heavy atom. The molecule has 8 heteroatoms. The third-order valence-electron chi connectivity index (χ3n) is 5.29. The molecule has 0 aromatic heterocycles. The van der Waals surface area contributed by atoms with Crippen molar-refractivity contribution >= 4 is 21.9 Å².